The summed E-state index contributed by atoms with van der Waals surface area (Å²) >= 11 is 0. The second-order valence-corrected chi connectivity index (χ2v) is 4.44. The van der Waals surface area contributed by atoms with Gasteiger partial charge in [-0.3, -0.25) is 9.69 Å². The smallest absolute Gasteiger partial charge is 0.325 e. The standard InChI is InChI=1S/C15H23NO5/c1-4-16(8-9-17)14(15(18)19)11-6-7-12(21-5-2)13(10-11)20-3/h6-7,10,14,17H,4-5,8-9H2,1-3H3,(H,18,19). The van der Waals surface area contributed by atoms with E-state index in [1.807, 2.05) is 13.8 Å². The van der Waals surface area contributed by atoms with Gasteiger partial charge in [-0.05, 0) is 31.2 Å². The number of rotatable bonds is 9. The molecule has 0 fully saturated rings. The molecule has 0 bridgehead atoms. The van der Waals surface area contributed by atoms with Crippen LogP contribution < -0.4 is 9.47 Å². The first-order chi connectivity index (χ1) is 10.1. The quantitative estimate of drug-likeness (QED) is 0.719. The number of aliphatic hydroxyl groups excluding tert-OH is 1. The summed E-state index contributed by atoms with van der Waals surface area (Å²) in [6, 6.07) is 4.27. The maximum atomic E-state index is 11.6. The Labute approximate surface area is 124 Å². The lowest BCUT2D eigenvalue weighted by molar-refractivity contribution is -0.143. The molecule has 0 saturated carbocycles. The molecule has 0 aliphatic heterocycles. The summed E-state index contributed by atoms with van der Waals surface area (Å²) in [5.74, 6) is 0.121. The van der Waals surface area contributed by atoms with Crippen LogP contribution in [0.2, 0.25) is 0 Å². The van der Waals surface area contributed by atoms with Crippen molar-refractivity contribution in [3.8, 4) is 11.5 Å². The Kier molecular flexibility index (Phi) is 6.98. The summed E-state index contributed by atoms with van der Waals surface area (Å²) in [6.07, 6.45) is 0. The monoisotopic (exact) mass is 297 g/mol. The number of carboxylic acid groups (broad SMARTS) is 1. The zero-order valence-corrected chi connectivity index (χ0v) is 12.7. The van der Waals surface area contributed by atoms with Gasteiger partial charge in [-0.25, -0.2) is 0 Å². The summed E-state index contributed by atoms with van der Waals surface area (Å²) in [5, 5.41) is 18.6. The number of hydrogen-bond donors (Lipinski definition) is 2. The molecule has 0 heterocycles. The van der Waals surface area contributed by atoms with Gasteiger partial charge in [0.15, 0.2) is 11.5 Å². The molecule has 0 saturated heterocycles. The first kappa shape index (κ1) is 17.3. The molecule has 6 nitrogen and oxygen atoms in total. The van der Waals surface area contributed by atoms with E-state index in [0.29, 0.717) is 36.8 Å². The Morgan fingerprint density at radius 1 is 1.33 bits per heavy atom. The molecule has 0 amide bonds. The third-order valence-electron chi connectivity index (χ3n) is 3.20. The summed E-state index contributed by atoms with van der Waals surface area (Å²) < 4.78 is 10.7. The number of carboxylic acids is 1. The van der Waals surface area contributed by atoms with Crippen molar-refractivity contribution in [3.63, 3.8) is 0 Å². The van der Waals surface area contributed by atoms with Crippen LogP contribution in [0, 0.1) is 0 Å². The number of aliphatic carboxylic acids is 1. The summed E-state index contributed by atoms with van der Waals surface area (Å²) in [7, 11) is 1.52. The van der Waals surface area contributed by atoms with Crippen LogP contribution in [-0.2, 0) is 4.79 Å². The lowest BCUT2D eigenvalue weighted by Gasteiger charge is -2.27. The minimum absolute atomic E-state index is 0.0915. The number of methoxy groups -OCH3 is 1. The molecule has 6 heteroatoms. The van der Waals surface area contributed by atoms with Crippen LogP contribution in [0.5, 0.6) is 11.5 Å². The Bertz CT molecular complexity index is 463. The number of aliphatic hydroxyl groups is 1. The molecule has 1 aromatic rings. The third kappa shape index (κ3) is 4.34. The van der Waals surface area contributed by atoms with Gasteiger partial charge in [-0.15, -0.1) is 0 Å². The van der Waals surface area contributed by atoms with Gasteiger partial charge in [0.25, 0.3) is 0 Å². The lowest BCUT2D eigenvalue weighted by atomic mass is 10.0. The van der Waals surface area contributed by atoms with Crippen molar-refractivity contribution < 1.29 is 24.5 Å². The molecule has 0 radical (unpaired) electrons. The summed E-state index contributed by atoms with van der Waals surface area (Å²) in [4.78, 5) is 13.3. The highest BCUT2D eigenvalue weighted by atomic mass is 16.5. The molecular formula is C15H23NO5. The highest BCUT2D eigenvalue weighted by molar-refractivity contribution is 5.76. The third-order valence-corrected chi connectivity index (χ3v) is 3.20. The molecule has 0 aromatic heterocycles. The van der Waals surface area contributed by atoms with Crippen molar-refractivity contribution in [2.45, 2.75) is 19.9 Å². The largest absolute Gasteiger partial charge is 0.493 e. The van der Waals surface area contributed by atoms with Crippen molar-refractivity contribution in [1.82, 2.24) is 4.90 Å². The van der Waals surface area contributed by atoms with Crippen LogP contribution in [-0.4, -0.2) is 54.5 Å². The predicted octanol–water partition coefficient (Wildman–Crippen LogP) is 1.53. The number of hydrogen-bond acceptors (Lipinski definition) is 5. The van der Waals surface area contributed by atoms with Crippen LogP contribution in [0.1, 0.15) is 25.5 Å². The number of ether oxygens (including phenoxy) is 2. The highest BCUT2D eigenvalue weighted by Crippen LogP contribution is 2.32. The van der Waals surface area contributed by atoms with E-state index in [4.69, 9.17) is 14.6 Å². The SMILES string of the molecule is CCOc1ccc(C(C(=O)O)N(CC)CCO)cc1OC. The van der Waals surface area contributed by atoms with Gasteiger partial charge >= 0.3 is 5.97 Å². The van der Waals surface area contributed by atoms with E-state index in [1.165, 1.54) is 7.11 Å². The number of carbonyl (C=O) groups is 1. The topological polar surface area (TPSA) is 79.2 Å². The average Bonchev–Trinajstić information content (AvgIpc) is 2.47. The first-order valence-corrected chi connectivity index (χ1v) is 6.97. The van der Waals surface area contributed by atoms with Crippen molar-refractivity contribution in [2.24, 2.45) is 0 Å². The van der Waals surface area contributed by atoms with Gasteiger partial charge in [0.2, 0.25) is 0 Å². The van der Waals surface area contributed by atoms with Crippen LogP contribution in [0.15, 0.2) is 18.2 Å². The molecule has 1 unspecified atom stereocenters. The molecular weight excluding hydrogens is 274 g/mol. The normalized spacial score (nSPS) is 12.2. The van der Waals surface area contributed by atoms with Crippen molar-refractivity contribution in [2.75, 3.05) is 33.4 Å². The van der Waals surface area contributed by atoms with Crippen LogP contribution in [0.4, 0.5) is 0 Å². The number of benzene rings is 1. The molecule has 1 rings (SSSR count). The van der Waals surface area contributed by atoms with E-state index in [9.17, 15) is 9.90 Å². The summed E-state index contributed by atoms with van der Waals surface area (Å²) in [5.41, 5.74) is 0.595. The minimum Gasteiger partial charge on any atom is -0.493 e. The van der Waals surface area contributed by atoms with Crippen LogP contribution in [0.3, 0.4) is 0 Å². The van der Waals surface area contributed by atoms with Crippen LogP contribution >= 0.6 is 0 Å². The fourth-order valence-corrected chi connectivity index (χ4v) is 2.24. The fourth-order valence-electron chi connectivity index (χ4n) is 2.24. The van der Waals surface area contributed by atoms with Gasteiger partial charge in [-0.2, -0.15) is 0 Å². The molecule has 118 valence electrons. The van der Waals surface area contributed by atoms with E-state index < -0.39 is 12.0 Å². The van der Waals surface area contributed by atoms with E-state index >= 15 is 0 Å². The fraction of sp³-hybridized carbons (Fsp3) is 0.533. The van der Waals surface area contributed by atoms with Gasteiger partial charge < -0.3 is 19.7 Å². The molecule has 0 spiro atoms. The first-order valence-electron chi connectivity index (χ1n) is 6.97. The van der Waals surface area contributed by atoms with Gasteiger partial charge in [0.1, 0.15) is 6.04 Å². The summed E-state index contributed by atoms with van der Waals surface area (Å²) in [6.45, 7) is 4.95. The molecule has 0 aliphatic rings. The molecule has 1 atom stereocenters. The van der Waals surface area contributed by atoms with Gasteiger partial charge in [0, 0.05) is 6.54 Å². The second-order valence-electron chi connectivity index (χ2n) is 4.44. The van der Waals surface area contributed by atoms with Crippen LogP contribution in [0.25, 0.3) is 0 Å². The second kappa shape index (κ2) is 8.49. The van der Waals surface area contributed by atoms with Gasteiger partial charge in [0.05, 0.1) is 20.3 Å². The minimum atomic E-state index is -0.962. The molecule has 2 N–H and O–H groups in total. The zero-order valence-electron chi connectivity index (χ0n) is 12.7. The Hall–Kier alpha value is -1.79. The highest BCUT2D eigenvalue weighted by Gasteiger charge is 2.27. The van der Waals surface area contributed by atoms with Crippen molar-refractivity contribution in [1.29, 1.82) is 0 Å². The van der Waals surface area contributed by atoms with E-state index in [-0.39, 0.29) is 6.61 Å². The van der Waals surface area contributed by atoms with Crippen molar-refractivity contribution in [3.05, 3.63) is 23.8 Å². The van der Waals surface area contributed by atoms with Gasteiger partial charge in [-0.1, -0.05) is 13.0 Å². The number of nitrogens with zero attached hydrogens (tertiary/aromatic N) is 1. The molecule has 1 aromatic carbocycles. The maximum Gasteiger partial charge on any atom is 0.325 e. The van der Waals surface area contributed by atoms with E-state index in [2.05, 4.69) is 0 Å². The van der Waals surface area contributed by atoms with E-state index in [1.54, 1.807) is 23.1 Å². The Morgan fingerprint density at radius 2 is 2.05 bits per heavy atom. The number of likely N-dealkylation sites (N-methyl/N-ethyl adjacent to an activating group) is 1. The maximum absolute atomic E-state index is 11.6. The predicted molar refractivity (Wildman–Crippen MR) is 78.9 cm³/mol. The molecule has 21 heavy (non-hydrogen) atoms. The average molecular weight is 297 g/mol. The Balaban J connectivity index is 3.16. The zero-order chi connectivity index (χ0) is 15.8. The lowest BCUT2D eigenvalue weighted by Crippen LogP contribution is -2.36. The van der Waals surface area contributed by atoms with Crippen molar-refractivity contribution >= 4 is 5.97 Å². The molecule has 0 aliphatic carbocycles. The Morgan fingerprint density at radius 3 is 2.52 bits per heavy atom. The van der Waals surface area contributed by atoms with E-state index in [0.717, 1.165) is 0 Å².